The first-order chi connectivity index (χ1) is 8.13. The summed E-state index contributed by atoms with van der Waals surface area (Å²) in [6.45, 7) is 3.79. The van der Waals surface area contributed by atoms with Crippen LogP contribution in [-0.4, -0.2) is 47.6 Å². The Morgan fingerprint density at radius 1 is 1.41 bits per heavy atom. The third-order valence-corrected chi connectivity index (χ3v) is 2.88. The van der Waals surface area contributed by atoms with Crippen LogP contribution in [0.3, 0.4) is 0 Å². The number of carbonyl (C=O) groups excluding carboxylic acids is 2. The van der Waals surface area contributed by atoms with Crippen LogP contribution in [0, 0.1) is 0 Å². The van der Waals surface area contributed by atoms with Gasteiger partial charge in [-0.2, -0.15) is 0 Å². The van der Waals surface area contributed by atoms with Crippen molar-refractivity contribution in [1.29, 1.82) is 0 Å². The lowest BCUT2D eigenvalue weighted by atomic mass is 10.2. The second-order valence-corrected chi connectivity index (χ2v) is 4.49. The number of rotatable bonds is 6. The zero-order valence-corrected chi connectivity index (χ0v) is 10.4. The number of nitrogens with one attached hydrogen (secondary N) is 1. The van der Waals surface area contributed by atoms with Gasteiger partial charge in [0.1, 0.15) is 0 Å². The van der Waals surface area contributed by atoms with Crippen molar-refractivity contribution in [3.05, 3.63) is 0 Å². The highest BCUT2D eigenvalue weighted by Crippen LogP contribution is 2.11. The van der Waals surface area contributed by atoms with Crippen molar-refractivity contribution in [1.82, 2.24) is 10.2 Å². The number of hydrogen-bond acceptors (Lipinski definition) is 3. The fraction of sp³-hybridized carbons (Fsp3) is 0.833. The van der Waals surface area contributed by atoms with Crippen molar-refractivity contribution in [3.63, 3.8) is 0 Å². The number of likely N-dealkylation sites (tertiary alicyclic amines) is 1. The second-order valence-electron chi connectivity index (χ2n) is 4.49. The molecule has 98 valence electrons. The van der Waals surface area contributed by atoms with E-state index in [1.807, 2.05) is 6.92 Å². The summed E-state index contributed by atoms with van der Waals surface area (Å²) >= 11 is 0. The van der Waals surface area contributed by atoms with E-state index in [1.54, 1.807) is 4.90 Å². The average Bonchev–Trinajstić information content (AvgIpc) is 2.73. The first-order valence-corrected chi connectivity index (χ1v) is 6.36. The van der Waals surface area contributed by atoms with E-state index in [0.29, 0.717) is 45.3 Å². The Kier molecular flexibility index (Phi) is 5.97. The first kappa shape index (κ1) is 14.0. The number of carbonyl (C=O) groups is 2. The van der Waals surface area contributed by atoms with Gasteiger partial charge < -0.3 is 15.3 Å². The van der Waals surface area contributed by atoms with Crippen LogP contribution in [0.5, 0.6) is 0 Å². The van der Waals surface area contributed by atoms with Gasteiger partial charge in [0.25, 0.3) is 0 Å². The number of aliphatic hydroxyl groups excluding tert-OH is 1. The van der Waals surface area contributed by atoms with Gasteiger partial charge >= 0.3 is 0 Å². The Morgan fingerprint density at radius 2 is 2.18 bits per heavy atom. The van der Waals surface area contributed by atoms with Crippen LogP contribution in [-0.2, 0) is 9.59 Å². The fourth-order valence-electron chi connectivity index (χ4n) is 1.88. The van der Waals surface area contributed by atoms with Crippen molar-refractivity contribution >= 4 is 11.8 Å². The van der Waals surface area contributed by atoms with Gasteiger partial charge in [-0.25, -0.2) is 0 Å². The Hall–Kier alpha value is -1.10. The molecule has 1 rings (SSSR count). The van der Waals surface area contributed by atoms with E-state index in [2.05, 4.69) is 5.32 Å². The average molecular weight is 242 g/mol. The van der Waals surface area contributed by atoms with Gasteiger partial charge in [-0.15, -0.1) is 0 Å². The second kappa shape index (κ2) is 7.27. The van der Waals surface area contributed by atoms with Crippen molar-refractivity contribution in [2.75, 3.05) is 19.6 Å². The molecule has 1 heterocycles. The molecule has 0 aromatic heterocycles. The van der Waals surface area contributed by atoms with E-state index in [0.717, 1.165) is 6.42 Å². The van der Waals surface area contributed by atoms with E-state index < -0.39 is 0 Å². The van der Waals surface area contributed by atoms with Gasteiger partial charge in [0.15, 0.2) is 0 Å². The lowest BCUT2D eigenvalue weighted by Crippen LogP contribution is -2.30. The zero-order valence-electron chi connectivity index (χ0n) is 10.4. The normalized spacial score (nSPS) is 19.4. The lowest BCUT2D eigenvalue weighted by Gasteiger charge is -2.15. The summed E-state index contributed by atoms with van der Waals surface area (Å²) in [6, 6.07) is 0. The Balaban J connectivity index is 2.10. The summed E-state index contributed by atoms with van der Waals surface area (Å²) in [7, 11) is 0. The predicted octanol–water partition coefficient (Wildman–Crippen LogP) is 0.276. The van der Waals surface area contributed by atoms with E-state index in [1.165, 1.54) is 0 Å². The minimum Gasteiger partial charge on any atom is -0.391 e. The summed E-state index contributed by atoms with van der Waals surface area (Å²) < 4.78 is 0. The van der Waals surface area contributed by atoms with Gasteiger partial charge in [-0.05, 0) is 19.3 Å². The number of nitrogens with zero attached hydrogens (tertiary/aromatic N) is 1. The van der Waals surface area contributed by atoms with Crippen LogP contribution in [0.25, 0.3) is 0 Å². The largest absolute Gasteiger partial charge is 0.391 e. The molecule has 0 bridgehead atoms. The summed E-state index contributed by atoms with van der Waals surface area (Å²) in [5, 5.41) is 12.1. The van der Waals surface area contributed by atoms with Gasteiger partial charge in [-0.3, -0.25) is 9.59 Å². The number of aliphatic hydroxyl groups is 1. The topological polar surface area (TPSA) is 69.6 Å². The molecule has 5 nitrogen and oxygen atoms in total. The third kappa shape index (κ3) is 5.17. The Labute approximate surface area is 102 Å². The smallest absolute Gasteiger partial charge is 0.222 e. The van der Waals surface area contributed by atoms with Gasteiger partial charge in [0, 0.05) is 32.5 Å². The van der Waals surface area contributed by atoms with Gasteiger partial charge in [0.2, 0.25) is 11.8 Å². The van der Waals surface area contributed by atoms with Gasteiger partial charge in [0.05, 0.1) is 6.10 Å². The number of β-amino-alcohol motifs (C(OH)–C–C–N with tert-alkyl or cyclic N) is 1. The summed E-state index contributed by atoms with van der Waals surface area (Å²) in [5.41, 5.74) is 0. The van der Waals surface area contributed by atoms with Crippen LogP contribution in [0.4, 0.5) is 0 Å². The highest BCUT2D eigenvalue weighted by molar-refractivity contribution is 5.79. The maximum Gasteiger partial charge on any atom is 0.222 e. The summed E-state index contributed by atoms with van der Waals surface area (Å²) in [6.07, 6.45) is 2.61. The Morgan fingerprint density at radius 3 is 2.76 bits per heavy atom. The number of hydrogen-bond donors (Lipinski definition) is 2. The maximum atomic E-state index is 11.7. The molecule has 0 aromatic carbocycles. The molecule has 1 atom stereocenters. The number of amides is 2. The van der Waals surface area contributed by atoms with Crippen LogP contribution in [0.2, 0.25) is 0 Å². The van der Waals surface area contributed by atoms with Gasteiger partial charge in [-0.1, -0.05) is 6.92 Å². The molecule has 1 aliphatic heterocycles. The molecule has 2 N–H and O–H groups in total. The van der Waals surface area contributed by atoms with Crippen molar-refractivity contribution < 1.29 is 14.7 Å². The molecular weight excluding hydrogens is 220 g/mol. The van der Waals surface area contributed by atoms with Crippen LogP contribution in [0.15, 0.2) is 0 Å². The molecule has 17 heavy (non-hydrogen) atoms. The van der Waals surface area contributed by atoms with Crippen molar-refractivity contribution in [2.24, 2.45) is 0 Å². The zero-order chi connectivity index (χ0) is 12.7. The molecule has 0 spiro atoms. The van der Waals surface area contributed by atoms with E-state index in [9.17, 15) is 14.7 Å². The summed E-state index contributed by atoms with van der Waals surface area (Å²) in [4.78, 5) is 24.6. The minimum absolute atomic E-state index is 0.0149. The minimum atomic E-state index is -0.369. The highest BCUT2D eigenvalue weighted by atomic mass is 16.3. The molecule has 0 saturated carbocycles. The SMILES string of the molecule is CCCNC(=O)CCCC(=O)N1CC[C@H](O)C1. The highest BCUT2D eigenvalue weighted by Gasteiger charge is 2.23. The standard InChI is InChI=1S/C12H22N2O3/c1-2-7-13-11(16)4-3-5-12(17)14-8-6-10(15)9-14/h10,15H,2-9H2,1H3,(H,13,16)/t10-/m0/s1. The molecule has 1 aliphatic rings. The lowest BCUT2D eigenvalue weighted by molar-refractivity contribution is -0.130. The molecule has 0 radical (unpaired) electrons. The maximum absolute atomic E-state index is 11.7. The Bertz CT molecular complexity index is 268. The predicted molar refractivity (Wildman–Crippen MR) is 64.4 cm³/mol. The quantitative estimate of drug-likeness (QED) is 0.702. The van der Waals surface area contributed by atoms with E-state index in [4.69, 9.17) is 0 Å². The van der Waals surface area contributed by atoms with Crippen molar-refractivity contribution in [2.45, 2.75) is 45.1 Å². The van der Waals surface area contributed by atoms with E-state index >= 15 is 0 Å². The molecule has 2 amide bonds. The molecular formula is C12H22N2O3. The molecule has 0 aromatic rings. The summed E-state index contributed by atoms with van der Waals surface area (Å²) in [5.74, 6) is 0.0611. The fourth-order valence-corrected chi connectivity index (χ4v) is 1.88. The molecule has 0 unspecified atom stereocenters. The van der Waals surface area contributed by atoms with Crippen LogP contribution < -0.4 is 5.32 Å². The molecule has 0 aliphatic carbocycles. The van der Waals surface area contributed by atoms with Crippen LogP contribution in [0.1, 0.15) is 39.0 Å². The van der Waals surface area contributed by atoms with E-state index in [-0.39, 0.29) is 17.9 Å². The molecule has 1 saturated heterocycles. The van der Waals surface area contributed by atoms with Crippen LogP contribution >= 0.6 is 0 Å². The monoisotopic (exact) mass is 242 g/mol. The first-order valence-electron chi connectivity index (χ1n) is 6.36. The third-order valence-electron chi connectivity index (χ3n) is 2.88. The molecule has 1 fully saturated rings. The van der Waals surface area contributed by atoms with Crippen molar-refractivity contribution in [3.8, 4) is 0 Å². The molecule has 5 heteroatoms.